The number of hydrogen-bond acceptors (Lipinski definition) is 12. The van der Waals surface area contributed by atoms with Crippen LogP contribution in [-0.4, -0.2) is 114 Å². The molecule has 3 aliphatic rings. The van der Waals surface area contributed by atoms with E-state index in [2.05, 4.69) is 25.9 Å². The van der Waals surface area contributed by atoms with Crippen LogP contribution in [0.3, 0.4) is 0 Å². The molecule has 4 amide bonds. The fourth-order valence-corrected chi connectivity index (χ4v) is 10.7. The monoisotopic (exact) mass is 1040 g/mol. The number of halogens is 2. The van der Waals surface area contributed by atoms with Crippen LogP contribution in [0.4, 0.5) is 14.5 Å². The van der Waals surface area contributed by atoms with Crippen LogP contribution < -0.4 is 25.4 Å². The van der Waals surface area contributed by atoms with Gasteiger partial charge in [-0.1, -0.05) is 39.8 Å². The number of pyridine rings is 1. The predicted octanol–water partition coefficient (Wildman–Crippen LogP) is 8.46. The van der Waals surface area contributed by atoms with Crippen molar-refractivity contribution in [2.75, 3.05) is 51.5 Å². The molecule has 2 saturated carbocycles. The maximum Gasteiger partial charge on any atom is 0.258 e. The van der Waals surface area contributed by atoms with E-state index < -0.39 is 47.0 Å². The Balaban J connectivity index is 0.737. The van der Waals surface area contributed by atoms with E-state index in [0.717, 1.165) is 58.3 Å². The SMILES string of the molecule is Cc1ncsc1-c1ccc(CNC(=O)[C@@H]2C[C@@H](O)CN2C(=O)[C@@H](NC(=O)C2(F)CC2)C(C)(C)C)c(OCCOCCOCCOc2ccc(NC(=O)[C@H](C)C3CCC(c4ccnc5ccc(F)cc45)CC3)cc2)c1. The second kappa shape index (κ2) is 24.1. The number of rotatable bonds is 22. The van der Waals surface area contributed by atoms with Gasteiger partial charge in [0.05, 0.1) is 54.1 Å². The van der Waals surface area contributed by atoms with Gasteiger partial charge in [-0.05, 0) is 128 Å². The number of anilines is 1. The number of aromatic nitrogens is 2. The fourth-order valence-electron chi connectivity index (χ4n) is 9.85. The van der Waals surface area contributed by atoms with Crippen molar-refractivity contribution in [2.24, 2.45) is 17.3 Å². The summed E-state index contributed by atoms with van der Waals surface area (Å²) in [6.45, 7) is 10.9. The summed E-state index contributed by atoms with van der Waals surface area (Å²) in [5.74, 6) is -0.566. The number of amides is 4. The van der Waals surface area contributed by atoms with Crippen molar-refractivity contribution < 1.29 is 52.0 Å². The number of nitrogens with zero attached hydrogens (tertiary/aromatic N) is 3. The summed E-state index contributed by atoms with van der Waals surface area (Å²) in [4.78, 5) is 64.7. The third-order valence-corrected chi connectivity index (χ3v) is 15.4. The van der Waals surface area contributed by atoms with E-state index in [1.165, 1.54) is 22.3 Å². The van der Waals surface area contributed by atoms with Gasteiger partial charge < -0.3 is 44.9 Å². The van der Waals surface area contributed by atoms with Crippen molar-refractivity contribution >= 4 is 51.6 Å². The first-order chi connectivity index (χ1) is 35.5. The molecule has 0 bridgehead atoms. The number of alkyl halides is 1. The number of nitrogens with one attached hydrogen (secondary N) is 3. The van der Waals surface area contributed by atoms with Crippen LogP contribution in [0.2, 0.25) is 0 Å². The second-order valence-corrected chi connectivity index (χ2v) is 21.7. The van der Waals surface area contributed by atoms with Gasteiger partial charge in [0.25, 0.3) is 5.91 Å². The number of hydrogen-bond donors (Lipinski definition) is 4. The van der Waals surface area contributed by atoms with Crippen molar-refractivity contribution in [1.29, 1.82) is 0 Å². The zero-order chi connectivity index (χ0) is 52.6. The highest BCUT2D eigenvalue weighted by atomic mass is 32.1. The minimum absolute atomic E-state index is 0.00933. The summed E-state index contributed by atoms with van der Waals surface area (Å²) in [5.41, 5.74) is 4.07. The van der Waals surface area contributed by atoms with E-state index in [-0.39, 0.29) is 69.1 Å². The number of carbonyl (C=O) groups is 4. The predicted molar refractivity (Wildman–Crippen MR) is 278 cm³/mol. The molecular weight excluding hydrogens is 971 g/mol. The lowest BCUT2D eigenvalue weighted by Crippen LogP contribution is -2.59. The first-order valence-corrected chi connectivity index (χ1v) is 26.5. The van der Waals surface area contributed by atoms with Gasteiger partial charge >= 0.3 is 0 Å². The third-order valence-electron chi connectivity index (χ3n) is 14.4. The largest absolute Gasteiger partial charge is 0.491 e. The van der Waals surface area contributed by atoms with Gasteiger partial charge in [-0.3, -0.25) is 24.2 Å². The number of β-amino-alcohol motifs (C(OH)–C–C–N with tert-alkyl or cyclic N) is 1. The van der Waals surface area contributed by atoms with E-state index in [4.69, 9.17) is 18.9 Å². The molecule has 3 heterocycles. The molecule has 1 aliphatic heterocycles. The molecule has 3 fully saturated rings. The molecular formula is C56H68F2N6O9S. The van der Waals surface area contributed by atoms with Gasteiger partial charge in [0.15, 0.2) is 5.67 Å². The molecule has 1 saturated heterocycles. The van der Waals surface area contributed by atoms with Crippen molar-refractivity contribution in [2.45, 2.75) is 116 Å². The van der Waals surface area contributed by atoms with Crippen molar-refractivity contribution in [1.82, 2.24) is 25.5 Å². The number of aliphatic hydroxyl groups excluding tert-OH is 1. The van der Waals surface area contributed by atoms with Crippen molar-refractivity contribution in [3.05, 3.63) is 101 Å². The lowest BCUT2D eigenvalue weighted by molar-refractivity contribution is -0.145. The van der Waals surface area contributed by atoms with Gasteiger partial charge in [-0.2, -0.15) is 0 Å². The lowest BCUT2D eigenvalue weighted by Gasteiger charge is -2.35. The minimum Gasteiger partial charge on any atom is -0.491 e. The molecule has 5 aromatic rings. The Morgan fingerprint density at radius 2 is 1.59 bits per heavy atom. The molecule has 0 spiro atoms. The van der Waals surface area contributed by atoms with Crippen LogP contribution in [0.1, 0.15) is 95.4 Å². The Labute approximate surface area is 435 Å². The zero-order valence-corrected chi connectivity index (χ0v) is 43.6. The number of likely N-dealkylation sites (tertiary alicyclic amines) is 1. The molecule has 396 valence electrons. The highest BCUT2D eigenvalue weighted by Gasteiger charge is 2.53. The van der Waals surface area contributed by atoms with E-state index in [1.54, 1.807) is 44.6 Å². The number of benzene rings is 3. The molecule has 0 radical (unpaired) electrons. The Bertz CT molecular complexity index is 2760. The standard InChI is InChI=1S/C56H68F2N6O9S/c1-34(36-6-8-37(9-7-36)44-18-21-59-46-17-12-40(57)29-45(44)46)51(66)62-41-13-15-43(16-14-41)72-26-24-70-22-23-71-25-27-73-48-28-38(49-35(2)61-33-74-49)10-11-39(48)31-60-52(67)47-30-42(65)32-64(47)53(68)50(55(3,4)5)63-54(69)56(58)19-20-56/h10-18,21,28-29,33-34,36-37,42,47,50,65H,6-9,19-20,22-27,30-32H2,1-5H3,(H,60,67)(H,62,66)(H,63,69)/t34-,36?,37?,42-,47+,50-/m1/s1. The number of aryl methyl sites for hydroxylation is 1. The van der Waals surface area contributed by atoms with Crippen LogP contribution in [0.25, 0.3) is 21.3 Å². The van der Waals surface area contributed by atoms with Gasteiger partial charge in [-0.15, -0.1) is 11.3 Å². The molecule has 3 aromatic carbocycles. The first kappa shape index (κ1) is 54.2. The Morgan fingerprint density at radius 3 is 2.27 bits per heavy atom. The second-order valence-electron chi connectivity index (χ2n) is 20.8. The lowest BCUT2D eigenvalue weighted by atomic mass is 9.73. The molecule has 4 atom stereocenters. The zero-order valence-electron chi connectivity index (χ0n) is 42.8. The molecule has 8 rings (SSSR count). The number of carbonyl (C=O) groups excluding carboxylic acids is 4. The molecule has 2 aromatic heterocycles. The maximum atomic E-state index is 14.6. The summed E-state index contributed by atoms with van der Waals surface area (Å²) in [6, 6.07) is 17.6. The summed E-state index contributed by atoms with van der Waals surface area (Å²) >= 11 is 1.50. The Kier molecular flexibility index (Phi) is 17.6. The van der Waals surface area contributed by atoms with Crippen LogP contribution >= 0.6 is 11.3 Å². The van der Waals surface area contributed by atoms with Crippen molar-refractivity contribution in [3.8, 4) is 21.9 Å². The van der Waals surface area contributed by atoms with Crippen LogP contribution in [0.15, 0.2) is 78.4 Å². The summed E-state index contributed by atoms with van der Waals surface area (Å²) < 4.78 is 52.3. The van der Waals surface area contributed by atoms with E-state index >= 15 is 0 Å². The number of ether oxygens (including phenoxy) is 4. The summed E-state index contributed by atoms with van der Waals surface area (Å²) in [5, 5.41) is 20.1. The van der Waals surface area contributed by atoms with Gasteiger partial charge in [0.1, 0.15) is 42.6 Å². The van der Waals surface area contributed by atoms with Crippen molar-refractivity contribution in [3.63, 3.8) is 0 Å². The summed E-state index contributed by atoms with van der Waals surface area (Å²) in [6.07, 6.45) is 4.76. The highest BCUT2D eigenvalue weighted by Crippen LogP contribution is 2.42. The van der Waals surface area contributed by atoms with E-state index in [9.17, 15) is 33.1 Å². The molecule has 2 aliphatic carbocycles. The minimum atomic E-state index is -1.98. The van der Waals surface area contributed by atoms with Gasteiger partial charge in [-0.25, -0.2) is 13.8 Å². The normalized spacial score (nSPS) is 20.1. The number of fused-ring (bicyclic) bond motifs is 1. The molecule has 74 heavy (non-hydrogen) atoms. The topological polar surface area (TPSA) is 191 Å². The fraction of sp³-hybridized carbons (Fsp3) is 0.500. The van der Waals surface area contributed by atoms with Gasteiger partial charge in [0, 0.05) is 48.3 Å². The first-order valence-electron chi connectivity index (χ1n) is 25.6. The third kappa shape index (κ3) is 13.6. The van der Waals surface area contributed by atoms with E-state index in [1.807, 2.05) is 62.4 Å². The smallest absolute Gasteiger partial charge is 0.258 e. The molecule has 15 nitrogen and oxygen atoms in total. The number of thiazole rings is 1. The Hall–Kier alpha value is -6.08. The van der Waals surface area contributed by atoms with Crippen LogP contribution in [0.5, 0.6) is 11.5 Å². The number of aliphatic hydroxyl groups is 1. The highest BCUT2D eigenvalue weighted by molar-refractivity contribution is 7.13. The van der Waals surface area contributed by atoms with Gasteiger partial charge in [0.2, 0.25) is 17.7 Å². The van der Waals surface area contributed by atoms with Crippen LogP contribution in [0, 0.1) is 30.0 Å². The average molecular weight is 1040 g/mol. The summed E-state index contributed by atoms with van der Waals surface area (Å²) in [7, 11) is 0. The quantitative estimate of drug-likeness (QED) is 0.0487. The molecule has 4 N–H and O–H groups in total. The Morgan fingerprint density at radius 1 is 0.892 bits per heavy atom. The molecule has 0 unspecified atom stereocenters. The average Bonchev–Trinajstić information content (AvgIpc) is 3.80. The van der Waals surface area contributed by atoms with Crippen LogP contribution in [-0.2, 0) is 35.2 Å². The molecule has 18 heteroatoms. The van der Waals surface area contributed by atoms with E-state index in [0.29, 0.717) is 55.1 Å². The maximum absolute atomic E-state index is 14.6.